The fourth-order valence-electron chi connectivity index (χ4n) is 2.01. The molecule has 106 valence electrons. The summed E-state index contributed by atoms with van der Waals surface area (Å²) in [6.45, 7) is 1.07. The molecule has 1 saturated carbocycles. The van der Waals surface area contributed by atoms with Crippen LogP contribution < -0.4 is 10.1 Å². The van der Waals surface area contributed by atoms with Crippen LogP contribution in [-0.4, -0.2) is 34.9 Å². The summed E-state index contributed by atoms with van der Waals surface area (Å²) in [5, 5.41) is 14.0. The van der Waals surface area contributed by atoms with Gasteiger partial charge in [0.1, 0.15) is 5.01 Å². The molecule has 0 unspecified atom stereocenters. The molecule has 2 aromatic rings. The van der Waals surface area contributed by atoms with E-state index in [2.05, 4.69) is 20.5 Å². The summed E-state index contributed by atoms with van der Waals surface area (Å²) in [5.41, 5.74) is 0.912. The zero-order chi connectivity index (χ0) is 13.8. The van der Waals surface area contributed by atoms with Gasteiger partial charge in [0.2, 0.25) is 5.88 Å². The Kier molecular flexibility index (Phi) is 4.22. The van der Waals surface area contributed by atoms with Crippen molar-refractivity contribution < 1.29 is 4.74 Å². The number of rotatable bonds is 7. The van der Waals surface area contributed by atoms with Gasteiger partial charge in [-0.15, -0.1) is 10.2 Å². The maximum Gasteiger partial charge on any atom is 0.223 e. The molecule has 20 heavy (non-hydrogen) atoms. The van der Waals surface area contributed by atoms with E-state index in [0.29, 0.717) is 5.88 Å². The Morgan fingerprint density at radius 1 is 1.40 bits per heavy atom. The van der Waals surface area contributed by atoms with Crippen LogP contribution in [0.4, 0.5) is 0 Å². The van der Waals surface area contributed by atoms with Gasteiger partial charge in [0, 0.05) is 18.7 Å². The van der Waals surface area contributed by atoms with E-state index in [1.807, 2.05) is 12.1 Å². The van der Waals surface area contributed by atoms with E-state index in [4.69, 9.17) is 4.74 Å². The van der Waals surface area contributed by atoms with E-state index in [1.54, 1.807) is 24.6 Å². The number of hydrogen-bond donors (Lipinski definition) is 1. The van der Waals surface area contributed by atoms with E-state index in [0.717, 1.165) is 41.0 Å². The first-order valence-corrected chi connectivity index (χ1v) is 7.73. The molecule has 0 radical (unpaired) electrons. The van der Waals surface area contributed by atoms with Crippen LogP contribution in [0.5, 0.6) is 5.88 Å². The lowest BCUT2D eigenvalue weighted by atomic mass is 10.3. The van der Waals surface area contributed by atoms with Crippen LogP contribution >= 0.6 is 11.3 Å². The van der Waals surface area contributed by atoms with E-state index < -0.39 is 0 Å². The van der Waals surface area contributed by atoms with Crippen molar-refractivity contribution in [1.29, 1.82) is 0 Å². The van der Waals surface area contributed by atoms with Crippen LogP contribution in [0, 0.1) is 0 Å². The van der Waals surface area contributed by atoms with Crippen LogP contribution in [0.15, 0.2) is 18.3 Å². The molecule has 0 aromatic carbocycles. The molecule has 1 aliphatic rings. The molecule has 0 saturated heterocycles. The van der Waals surface area contributed by atoms with Gasteiger partial charge in [-0.1, -0.05) is 11.3 Å². The number of nitrogens with one attached hydrogen (secondary N) is 1. The molecular weight excluding hydrogens is 272 g/mol. The van der Waals surface area contributed by atoms with Crippen LogP contribution in [0.2, 0.25) is 0 Å². The molecule has 6 heteroatoms. The molecule has 0 amide bonds. The van der Waals surface area contributed by atoms with Gasteiger partial charge < -0.3 is 10.1 Å². The van der Waals surface area contributed by atoms with Crippen molar-refractivity contribution in [3.8, 4) is 16.5 Å². The fourth-order valence-corrected chi connectivity index (χ4v) is 2.91. The second-order valence-corrected chi connectivity index (χ2v) is 5.96. The van der Waals surface area contributed by atoms with Crippen LogP contribution in [0.1, 0.15) is 24.3 Å². The number of nitrogens with zero attached hydrogens (tertiary/aromatic N) is 3. The molecule has 1 N–H and O–H groups in total. The van der Waals surface area contributed by atoms with Gasteiger partial charge in [0.25, 0.3) is 0 Å². The number of hydrogen-bond acceptors (Lipinski definition) is 6. The Balaban J connectivity index is 1.60. The van der Waals surface area contributed by atoms with Crippen LogP contribution in [0.3, 0.4) is 0 Å². The molecule has 3 rings (SSSR count). The largest absolute Gasteiger partial charge is 0.480 e. The molecule has 0 bridgehead atoms. The van der Waals surface area contributed by atoms with Gasteiger partial charge in [0.15, 0.2) is 5.01 Å². The lowest BCUT2D eigenvalue weighted by Crippen LogP contribution is -2.17. The monoisotopic (exact) mass is 290 g/mol. The average Bonchev–Trinajstić information content (AvgIpc) is 3.20. The smallest absolute Gasteiger partial charge is 0.223 e. The highest BCUT2D eigenvalue weighted by atomic mass is 32.1. The summed E-state index contributed by atoms with van der Waals surface area (Å²) in [7, 11) is 1.62. The van der Waals surface area contributed by atoms with E-state index in [-0.39, 0.29) is 0 Å². The summed E-state index contributed by atoms with van der Waals surface area (Å²) in [5.74, 6) is 0.602. The molecule has 0 atom stereocenters. The molecule has 2 aromatic heterocycles. The maximum atomic E-state index is 5.26. The van der Waals surface area contributed by atoms with Crippen molar-refractivity contribution in [3.63, 3.8) is 0 Å². The number of pyridine rings is 1. The minimum absolute atomic E-state index is 0.602. The van der Waals surface area contributed by atoms with Crippen LogP contribution in [0.25, 0.3) is 10.6 Å². The lowest BCUT2D eigenvalue weighted by Gasteiger charge is -2.02. The Labute approximate surface area is 122 Å². The van der Waals surface area contributed by atoms with Crippen molar-refractivity contribution in [1.82, 2.24) is 20.5 Å². The topological polar surface area (TPSA) is 59.9 Å². The van der Waals surface area contributed by atoms with E-state index >= 15 is 0 Å². The normalized spacial score (nSPS) is 14.4. The van der Waals surface area contributed by atoms with Gasteiger partial charge in [0.05, 0.1) is 12.7 Å². The number of ether oxygens (including phenoxy) is 1. The molecule has 1 fully saturated rings. The molecule has 0 spiro atoms. The maximum absolute atomic E-state index is 5.26. The third-order valence-electron chi connectivity index (χ3n) is 3.24. The highest BCUT2D eigenvalue weighted by molar-refractivity contribution is 7.14. The third kappa shape index (κ3) is 3.32. The summed E-state index contributed by atoms with van der Waals surface area (Å²) < 4.78 is 5.26. The van der Waals surface area contributed by atoms with Gasteiger partial charge in [-0.25, -0.2) is 4.98 Å². The first-order valence-electron chi connectivity index (χ1n) is 6.92. The van der Waals surface area contributed by atoms with Crippen molar-refractivity contribution in [2.45, 2.75) is 31.7 Å². The summed E-state index contributed by atoms with van der Waals surface area (Å²) in [6, 6.07) is 4.63. The van der Waals surface area contributed by atoms with Gasteiger partial charge in [-0.05, 0) is 37.9 Å². The lowest BCUT2D eigenvalue weighted by molar-refractivity contribution is 0.399. The predicted octanol–water partition coefficient (Wildman–Crippen LogP) is 2.29. The van der Waals surface area contributed by atoms with Gasteiger partial charge in [-0.3, -0.25) is 0 Å². The molecule has 2 heterocycles. The van der Waals surface area contributed by atoms with Crippen LogP contribution in [-0.2, 0) is 6.42 Å². The summed E-state index contributed by atoms with van der Waals surface area (Å²) in [4.78, 5) is 4.19. The highest BCUT2D eigenvalue weighted by Gasteiger charge is 2.19. The number of aromatic nitrogens is 3. The second-order valence-electron chi connectivity index (χ2n) is 4.89. The first kappa shape index (κ1) is 13.5. The third-order valence-corrected chi connectivity index (χ3v) is 4.26. The zero-order valence-electron chi connectivity index (χ0n) is 11.5. The summed E-state index contributed by atoms with van der Waals surface area (Å²) in [6.07, 6.45) is 6.47. The predicted molar refractivity (Wildman–Crippen MR) is 79.0 cm³/mol. The minimum atomic E-state index is 0.602. The van der Waals surface area contributed by atoms with Crippen molar-refractivity contribution in [3.05, 3.63) is 23.3 Å². The second kappa shape index (κ2) is 6.28. The standard InChI is InChI=1S/C14H18N4OS/c1-19-13-11(4-2-9-16-13)14-18-17-12(20-14)5-3-8-15-10-6-7-10/h2,4,9-10,15H,3,5-8H2,1H3. The Morgan fingerprint density at radius 3 is 3.10 bits per heavy atom. The highest BCUT2D eigenvalue weighted by Crippen LogP contribution is 2.30. The minimum Gasteiger partial charge on any atom is -0.480 e. The zero-order valence-corrected chi connectivity index (χ0v) is 12.3. The van der Waals surface area contributed by atoms with Gasteiger partial charge in [-0.2, -0.15) is 0 Å². The van der Waals surface area contributed by atoms with E-state index in [1.165, 1.54) is 12.8 Å². The molecule has 0 aliphatic heterocycles. The average molecular weight is 290 g/mol. The van der Waals surface area contributed by atoms with Crippen molar-refractivity contribution in [2.75, 3.05) is 13.7 Å². The number of methoxy groups -OCH3 is 1. The quantitative estimate of drug-likeness (QED) is 0.793. The Bertz CT molecular complexity index is 568. The summed E-state index contributed by atoms with van der Waals surface area (Å²) >= 11 is 1.62. The van der Waals surface area contributed by atoms with Gasteiger partial charge >= 0.3 is 0 Å². The van der Waals surface area contributed by atoms with Crippen molar-refractivity contribution in [2.24, 2.45) is 0 Å². The number of aryl methyl sites for hydroxylation is 1. The molecule has 5 nitrogen and oxygen atoms in total. The Hall–Kier alpha value is -1.53. The Morgan fingerprint density at radius 2 is 2.30 bits per heavy atom. The fraction of sp³-hybridized carbons (Fsp3) is 0.500. The first-order chi connectivity index (χ1) is 9.86. The molecular formula is C14H18N4OS. The van der Waals surface area contributed by atoms with E-state index in [9.17, 15) is 0 Å². The SMILES string of the molecule is COc1ncccc1-c1nnc(CCCNC2CC2)s1. The molecule has 1 aliphatic carbocycles. The van der Waals surface area contributed by atoms with Crippen molar-refractivity contribution >= 4 is 11.3 Å².